The van der Waals surface area contributed by atoms with E-state index in [2.05, 4.69) is 4.74 Å². The van der Waals surface area contributed by atoms with Crippen molar-refractivity contribution in [3.63, 3.8) is 0 Å². The molecule has 0 aliphatic heterocycles. The van der Waals surface area contributed by atoms with E-state index in [1.54, 1.807) is 0 Å². The van der Waals surface area contributed by atoms with E-state index in [4.69, 9.17) is 5.11 Å². The topological polar surface area (TPSA) is 104 Å². The van der Waals surface area contributed by atoms with E-state index in [1.807, 2.05) is 0 Å². The van der Waals surface area contributed by atoms with Crippen LogP contribution in [0.15, 0.2) is 18.2 Å². The second-order valence-corrected chi connectivity index (χ2v) is 3.84. The molecule has 0 heterocycles. The Morgan fingerprint density at radius 3 is 2.53 bits per heavy atom. The molecule has 19 heavy (non-hydrogen) atoms. The van der Waals surface area contributed by atoms with Gasteiger partial charge in [0.15, 0.2) is 6.10 Å². The van der Waals surface area contributed by atoms with Gasteiger partial charge in [-0.05, 0) is 17.7 Å². The number of methoxy groups -OCH3 is 1. The van der Waals surface area contributed by atoms with Crippen molar-refractivity contribution in [2.75, 3.05) is 7.11 Å². The average molecular weight is 272 g/mol. The highest BCUT2D eigenvalue weighted by atomic mass is 19.1. The third kappa shape index (κ3) is 3.73. The highest BCUT2D eigenvalue weighted by Gasteiger charge is 2.28. The first-order valence-corrected chi connectivity index (χ1v) is 5.31. The molecule has 6 nitrogen and oxygen atoms in total. The monoisotopic (exact) mass is 272 g/mol. The fourth-order valence-corrected chi connectivity index (χ4v) is 1.52. The van der Waals surface area contributed by atoms with E-state index in [0.29, 0.717) is 0 Å². The van der Waals surface area contributed by atoms with Gasteiger partial charge in [0.25, 0.3) is 0 Å². The molecular weight excluding hydrogens is 259 g/mol. The lowest BCUT2D eigenvalue weighted by Gasteiger charge is -2.17. The number of aliphatic hydroxyl groups is 2. The lowest BCUT2D eigenvalue weighted by Crippen LogP contribution is -2.29. The molecule has 104 valence electrons. The Morgan fingerprint density at radius 2 is 2.00 bits per heavy atom. The molecular formula is C12H13FO6. The van der Waals surface area contributed by atoms with Gasteiger partial charge < -0.3 is 20.1 Å². The number of carboxylic acids is 1. The van der Waals surface area contributed by atoms with Crippen molar-refractivity contribution in [1.82, 2.24) is 0 Å². The number of carboxylic acid groups (broad SMARTS) is 1. The summed E-state index contributed by atoms with van der Waals surface area (Å²) in [5.41, 5.74) is -0.128. The van der Waals surface area contributed by atoms with E-state index >= 15 is 0 Å². The summed E-state index contributed by atoms with van der Waals surface area (Å²) >= 11 is 0. The molecule has 0 aliphatic carbocycles. The van der Waals surface area contributed by atoms with E-state index in [-0.39, 0.29) is 17.5 Å². The third-order valence-corrected chi connectivity index (χ3v) is 2.48. The summed E-state index contributed by atoms with van der Waals surface area (Å²) in [5.74, 6) is -3.10. The van der Waals surface area contributed by atoms with Crippen molar-refractivity contribution in [1.29, 1.82) is 0 Å². The molecule has 0 aliphatic rings. The van der Waals surface area contributed by atoms with Crippen molar-refractivity contribution >= 4 is 11.9 Å². The zero-order chi connectivity index (χ0) is 14.6. The number of aliphatic carboxylic acids is 1. The Labute approximate surface area is 108 Å². The number of benzene rings is 1. The maximum absolute atomic E-state index is 13.5. The molecule has 2 unspecified atom stereocenters. The summed E-state index contributed by atoms with van der Waals surface area (Å²) in [4.78, 5) is 21.6. The number of carbonyl (C=O) groups excluding carboxylic acids is 1. The average Bonchev–Trinajstić information content (AvgIpc) is 2.37. The number of carbonyl (C=O) groups is 2. The maximum Gasteiger partial charge on any atom is 0.337 e. The van der Waals surface area contributed by atoms with Crippen molar-refractivity contribution < 1.29 is 34.0 Å². The molecule has 0 spiro atoms. The summed E-state index contributed by atoms with van der Waals surface area (Å²) < 4.78 is 17.7. The molecule has 0 aromatic heterocycles. The summed E-state index contributed by atoms with van der Waals surface area (Å²) in [7, 11) is 1.01. The standard InChI is InChI=1S/C12H13FO6/c1-19-12(18)11(17)10(16)7-4-6(5-9(14)15)2-3-8(7)13/h2-4,10-11,16-17H,5H2,1H3,(H,14,15). The Morgan fingerprint density at radius 1 is 1.37 bits per heavy atom. The predicted octanol–water partition coefficient (Wildman–Crippen LogP) is 0.0201. The molecule has 7 heteroatoms. The molecule has 0 bridgehead atoms. The molecule has 1 rings (SSSR count). The summed E-state index contributed by atoms with van der Waals surface area (Å²) in [6.45, 7) is 0. The molecule has 0 saturated heterocycles. The van der Waals surface area contributed by atoms with Gasteiger partial charge in [-0.25, -0.2) is 9.18 Å². The van der Waals surface area contributed by atoms with Crippen LogP contribution in [0.1, 0.15) is 17.2 Å². The Hall–Kier alpha value is -1.99. The van der Waals surface area contributed by atoms with Crippen LogP contribution in [0, 0.1) is 5.82 Å². The molecule has 0 radical (unpaired) electrons. The fourth-order valence-electron chi connectivity index (χ4n) is 1.52. The zero-order valence-electron chi connectivity index (χ0n) is 10.0. The number of ether oxygens (including phenoxy) is 1. The minimum absolute atomic E-state index is 0.236. The van der Waals surface area contributed by atoms with Crippen LogP contribution in [0.2, 0.25) is 0 Å². The Kier molecular flexibility index (Phi) is 4.96. The van der Waals surface area contributed by atoms with Crippen LogP contribution in [-0.4, -0.2) is 40.5 Å². The van der Waals surface area contributed by atoms with Crippen LogP contribution in [0.4, 0.5) is 4.39 Å². The van der Waals surface area contributed by atoms with E-state index in [1.165, 1.54) is 6.07 Å². The number of hydrogen-bond donors (Lipinski definition) is 3. The van der Waals surface area contributed by atoms with Crippen LogP contribution in [0.3, 0.4) is 0 Å². The first kappa shape index (κ1) is 15.1. The first-order chi connectivity index (χ1) is 8.86. The largest absolute Gasteiger partial charge is 0.481 e. The van der Waals surface area contributed by atoms with E-state index in [0.717, 1.165) is 19.2 Å². The molecule has 0 amide bonds. The molecule has 2 atom stereocenters. The van der Waals surface area contributed by atoms with Crippen LogP contribution in [0.5, 0.6) is 0 Å². The van der Waals surface area contributed by atoms with Gasteiger partial charge in [0.2, 0.25) is 0 Å². The summed E-state index contributed by atoms with van der Waals surface area (Å²) in [6, 6.07) is 3.28. The third-order valence-electron chi connectivity index (χ3n) is 2.48. The zero-order valence-corrected chi connectivity index (χ0v) is 10.0. The number of hydrogen-bond acceptors (Lipinski definition) is 5. The summed E-state index contributed by atoms with van der Waals surface area (Å²) in [6.07, 6.45) is -4.14. The van der Waals surface area contributed by atoms with Crippen LogP contribution in [-0.2, 0) is 20.7 Å². The second-order valence-electron chi connectivity index (χ2n) is 3.84. The molecule has 0 saturated carbocycles. The van der Waals surface area contributed by atoms with Gasteiger partial charge in [-0.3, -0.25) is 4.79 Å². The highest BCUT2D eigenvalue weighted by Crippen LogP contribution is 2.22. The minimum Gasteiger partial charge on any atom is -0.481 e. The smallest absolute Gasteiger partial charge is 0.337 e. The lowest BCUT2D eigenvalue weighted by molar-refractivity contribution is -0.157. The van der Waals surface area contributed by atoms with E-state index < -0.39 is 30.0 Å². The van der Waals surface area contributed by atoms with Crippen molar-refractivity contribution in [3.8, 4) is 0 Å². The first-order valence-electron chi connectivity index (χ1n) is 5.31. The fraction of sp³-hybridized carbons (Fsp3) is 0.333. The van der Waals surface area contributed by atoms with Crippen LogP contribution in [0.25, 0.3) is 0 Å². The van der Waals surface area contributed by atoms with E-state index in [9.17, 15) is 24.2 Å². The lowest BCUT2D eigenvalue weighted by atomic mass is 10.00. The predicted molar refractivity (Wildman–Crippen MR) is 60.7 cm³/mol. The number of halogens is 1. The highest BCUT2D eigenvalue weighted by molar-refractivity contribution is 5.75. The van der Waals surface area contributed by atoms with Crippen LogP contribution >= 0.6 is 0 Å². The van der Waals surface area contributed by atoms with Gasteiger partial charge in [0.05, 0.1) is 13.5 Å². The van der Waals surface area contributed by atoms with Gasteiger partial charge in [-0.1, -0.05) is 6.07 Å². The Balaban J connectivity index is 3.04. The van der Waals surface area contributed by atoms with Crippen LogP contribution < -0.4 is 0 Å². The second kappa shape index (κ2) is 6.26. The van der Waals surface area contributed by atoms with Crippen molar-refractivity contribution in [3.05, 3.63) is 35.1 Å². The van der Waals surface area contributed by atoms with Gasteiger partial charge in [0.1, 0.15) is 11.9 Å². The van der Waals surface area contributed by atoms with Gasteiger partial charge in [-0.15, -0.1) is 0 Å². The summed E-state index contributed by atoms with van der Waals surface area (Å²) in [5, 5.41) is 27.7. The van der Waals surface area contributed by atoms with Crippen molar-refractivity contribution in [2.24, 2.45) is 0 Å². The minimum atomic E-state index is -1.94. The molecule has 0 fully saturated rings. The SMILES string of the molecule is COC(=O)C(O)C(O)c1cc(CC(=O)O)ccc1F. The number of rotatable bonds is 5. The molecule has 1 aromatic carbocycles. The van der Waals surface area contributed by atoms with Crippen molar-refractivity contribution in [2.45, 2.75) is 18.6 Å². The normalized spacial score (nSPS) is 13.7. The quantitative estimate of drug-likeness (QED) is 0.653. The number of esters is 1. The molecule has 3 N–H and O–H groups in total. The number of aliphatic hydroxyl groups excluding tert-OH is 2. The van der Waals surface area contributed by atoms with Gasteiger partial charge >= 0.3 is 11.9 Å². The maximum atomic E-state index is 13.5. The van der Waals surface area contributed by atoms with Gasteiger partial charge in [0, 0.05) is 5.56 Å². The Bertz CT molecular complexity index is 487. The van der Waals surface area contributed by atoms with Gasteiger partial charge in [-0.2, -0.15) is 0 Å². The molecule has 1 aromatic rings.